The first-order valence-electron chi connectivity index (χ1n) is 5.57. The molecule has 0 saturated carbocycles. The Balaban J connectivity index is 2.29. The third-order valence-corrected chi connectivity index (χ3v) is 2.57. The van der Waals surface area contributed by atoms with Gasteiger partial charge in [0.15, 0.2) is 5.65 Å². The Labute approximate surface area is 100 Å². The van der Waals surface area contributed by atoms with Gasteiger partial charge < -0.3 is 0 Å². The molecule has 17 heavy (non-hydrogen) atoms. The van der Waals surface area contributed by atoms with Crippen LogP contribution >= 0.6 is 0 Å². The molecule has 0 fully saturated rings. The number of ketones is 1. The first-order chi connectivity index (χ1) is 7.97. The maximum atomic E-state index is 11.9. The summed E-state index contributed by atoms with van der Waals surface area (Å²) >= 11 is 0. The lowest BCUT2D eigenvalue weighted by molar-refractivity contribution is -0.125. The van der Waals surface area contributed by atoms with Crippen LogP contribution in [0, 0.1) is 5.41 Å². The molecule has 0 radical (unpaired) electrons. The third-order valence-electron chi connectivity index (χ3n) is 2.57. The molecule has 2 aromatic heterocycles. The highest BCUT2D eigenvalue weighted by atomic mass is 16.1. The van der Waals surface area contributed by atoms with Crippen molar-refractivity contribution < 1.29 is 4.79 Å². The Kier molecular flexibility index (Phi) is 2.88. The minimum absolute atomic E-state index is 0.174. The molecule has 4 nitrogen and oxygen atoms in total. The van der Waals surface area contributed by atoms with E-state index in [-0.39, 0.29) is 11.2 Å². The fourth-order valence-electron chi connectivity index (χ4n) is 1.42. The molecule has 0 spiro atoms. The highest BCUT2D eigenvalue weighted by molar-refractivity contribution is 5.85. The van der Waals surface area contributed by atoms with E-state index in [1.165, 1.54) is 0 Å². The van der Waals surface area contributed by atoms with Gasteiger partial charge in [0.05, 0.1) is 5.69 Å². The van der Waals surface area contributed by atoms with Gasteiger partial charge in [0, 0.05) is 24.2 Å². The minimum atomic E-state index is -0.334. The van der Waals surface area contributed by atoms with Crippen LogP contribution in [0.3, 0.4) is 0 Å². The van der Waals surface area contributed by atoms with Crippen molar-refractivity contribution in [3.63, 3.8) is 0 Å². The molecule has 0 amide bonds. The van der Waals surface area contributed by atoms with E-state index in [2.05, 4.69) is 15.0 Å². The maximum Gasteiger partial charge on any atom is 0.178 e. The summed E-state index contributed by atoms with van der Waals surface area (Å²) in [6.45, 7) is 5.74. The molecule has 0 saturated heterocycles. The molecular formula is C13H15N3O. The smallest absolute Gasteiger partial charge is 0.178 e. The minimum Gasteiger partial charge on any atom is -0.299 e. The molecule has 0 N–H and O–H groups in total. The first kappa shape index (κ1) is 11.6. The van der Waals surface area contributed by atoms with E-state index in [9.17, 15) is 4.79 Å². The standard InChI is InChI=1S/C13H15N3O/c1-13(2,3)11(17)8-9-4-5-10-12(16-9)15-7-6-14-10/h4-7H,8H2,1-3H3. The summed E-state index contributed by atoms with van der Waals surface area (Å²) in [5.74, 6) is 0.174. The SMILES string of the molecule is CC(C)(C)C(=O)Cc1ccc2nccnc2n1. The Morgan fingerprint density at radius 3 is 2.59 bits per heavy atom. The largest absolute Gasteiger partial charge is 0.299 e. The molecule has 0 bridgehead atoms. The normalized spacial score (nSPS) is 11.7. The maximum absolute atomic E-state index is 11.9. The van der Waals surface area contributed by atoms with E-state index in [0.29, 0.717) is 12.1 Å². The number of Topliss-reactive ketones (excluding diaryl/α,β-unsaturated/α-hetero) is 1. The van der Waals surface area contributed by atoms with Crippen LogP contribution in [0.25, 0.3) is 11.2 Å². The van der Waals surface area contributed by atoms with Crippen LogP contribution in [-0.2, 0) is 11.2 Å². The van der Waals surface area contributed by atoms with Gasteiger partial charge in [-0.1, -0.05) is 20.8 Å². The molecule has 2 aromatic rings. The number of carbonyl (C=O) groups is 1. The summed E-state index contributed by atoms with van der Waals surface area (Å²) in [6.07, 6.45) is 3.57. The lowest BCUT2D eigenvalue weighted by atomic mass is 9.88. The average molecular weight is 229 g/mol. The number of hydrogen-bond acceptors (Lipinski definition) is 4. The van der Waals surface area contributed by atoms with E-state index in [1.54, 1.807) is 12.4 Å². The van der Waals surface area contributed by atoms with Crippen molar-refractivity contribution in [2.24, 2.45) is 5.41 Å². The fourth-order valence-corrected chi connectivity index (χ4v) is 1.42. The molecule has 0 unspecified atom stereocenters. The quantitative estimate of drug-likeness (QED) is 0.792. The Morgan fingerprint density at radius 2 is 1.88 bits per heavy atom. The number of rotatable bonds is 2. The molecule has 2 heterocycles. The van der Waals surface area contributed by atoms with Crippen molar-refractivity contribution in [3.8, 4) is 0 Å². The van der Waals surface area contributed by atoms with Crippen LogP contribution in [0.1, 0.15) is 26.5 Å². The third kappa shape index (κ3) is 2.64. The zero-order chi connectivity index (χ0) is 12.5. The molecule has 0 atom stereocenters. The van der Waals surface area contributed by atoms with E-state index in [0.717, 1.165) is 11.2 Å². The second kappa shape index (κ2) is 4.20. The summed E-state index contributed by atoms with van der Waals surface area (Å²) < 4.78 is 0. The summed E-state index contributed by atoms with van der Waals surface area (Å²) in [7, 11) is 0. The van der Waals surface area contributed by atoms with Gasteiger partial charge in [0.2, 0.25) is 0 Å². The number of aromatic nitrogens is 3. The second-order valence-corrected chi connectivity index (χ2v) is 5.05. The van der Waals surface area contributed by atoms with Gasteiger partial charge in [-0.2, -0.15) is 0 Å². The van der Waals surface area contributed by atoms with E-state index < -0.39 is 0 Å². The van der Waals surface area contributed by atoms with Gasteiger partial charge in [0.1, 0.15) is 11.3 Å². The molecule has 2 rings (SSSR count). The molecule has 0 aliphatic heterocycles. The van der Waals surface area contributed by atoms with Gasteiger partial charge in [0.25, 0.3) is 0 Å². The Hall–Kier alpha value is -1.84. The Morgan fingerprint density at radius 1 is 1.18 bits per heavy atom. The molecule has 4 heteroatoms. The van der Waals surface area contributed by atoms with Crippen LogP contribution in [0.15, 0.2) is 24.5 Å². The van der Waals surface area contributed by atoms with Crippen LogP contribution in [-0.4, -0.2) is 20.7 Å². The molecule has 0 aromatic carbocycles. The van der Waals surface area contributed by atoms with Gasteiger partial charge in [-0.3, -0.25) is 9.78 Å². The van der Waals surface area contributed by atoms with Gasteiger partial charge >= 0.3 is 0 Å². The highest BCUT2D eigenvalue weighted by Crippen LogP contribution is 2.17. The van der Waals surface area contributed by atoms with Crippen molar-refractivity contribution in [2.45, 2.75) is 27.2 Å². The monoisotopic (exact) mass is 229 g/mol. The van der Waals surface area contributed by atoms with E-state index in [1.807, 2.05) is 32.9 Å². The fraction of sp³-hybridized carbons (Fsp3) is 0.385. The number of fused-ring (bicyclic) bond motifs is 1. The topological polar surface area (TPSA) is 55.7 Å². The van der Waals surface area contributed by atoms with Gasteiger partial charge in [-0.25, -0.2) is 9.97 Å². The van der Waals surface area contributed by atoms with Crippen molar-refractivity contribution in [1.29, 1.82) is 0 Å². The number of pyridine rings is 1. The molecule has 0 aliphatic rings. The van der Waals surface area contributed by atoms with Gasteiger partial charge in [-0.05, 0) is 12.1 Å². The second-order valence-electron chi connectivity index (χ2n) is 5.05. The molecule has 0 aliphatic carbocycles. The zero-order valence-electron chi connectivity index (χ0n) is 10.3. The number of hydrogen-bond donors (Lipinski definition) is 0. The van der Waals surface area contributed by atoms with Crippen molar-refractivity contribution >= 4 is 16.9 Å². The van der Waals surface area contributed by atoms with E-state index >= 15 is 0 Å². The van der Waals surface area contributed by atoms with Crippen LogP contribution in [0.5, 0.6) is 0 Å². The first-order valence-corrected chi connectivity index (χ1v) is 5.57. The summed E-state index contributed by atoms with van der Waals surface area (Å²) in [6, 6.07) is 3.68. The van der Waals surface area contributed by atoms with E-state index in [4.69, 9.17) is 0 Å². The summed E-state index contributed by atoms with van der Waals surface area (Å²) in [5.41, 5.74) is 1.75. The number of nitrogens with zero attached hydrogens (tertiary/aromatic N) is 3. The van der Waals surface area contributed by atoms with Crippen molar-refractivity contribution in [1.82, 2.24) is 15.0 Å². The van der Waals surface area contributed by atoms with Crippen molar-refractivity contribution in [3.05, 3.63) is 30.2 Å². The highest BCUT2D eigenvalue weighted by Gasteiger charge is 2.21. The predicted octanol–water partition coefficient (Wildman–Crippen LogP) is 2.18. The zero-order valence-corrected chi connectivity index (χ0v) is 10.3. The average Bonchev–Trinajstić information content (AvgIpc) is 2.27. The van der Waals surface area contributed by atoms with Crippen molar-refractivity contribution in [2.75, 3.05) is 0 Å². The lowest BCUT2D eigenvalue weighted by Gasteiger charge is -2.15. The lowest BCUT2D eigenvalue weighted by Crippen LogP contribution is -2.22. The predicted molar refractivity (Wildman–Crippen MR) is 65.5 cm³/mol. The Bertz CT molecular complexity index is 558. The van der Waals surface area contributed by atoms with Crippen LogP contribution in [0.2, 0.25) is 0 Å². The molecular weight excluding hydrogens is 214 g/mol. The van der Waals surface area contributed by atoms with Crippen LogP contribution < -0.4 is 0 Å². The summed E-state index contributed by atoms with van der Waals surface area (Å²) in [5, 5.41) is 0. The molecule has 88 valence electrons. The van der Waals surface area contributed by atoms with Crippen LogP contribution in [0.4, 0.5) is 0 Å². The number of carbonyl (C=O) groups excluding carboxylic acids is 1. The summed E-state index contributed by atoms with van der Waals surface area (Å²) in [4.78, 5) is 24.5. The van der Waals surface area contributed by atoms with Gasteiger partial charge in [-0.15, -0.1) is 0 Å².